The van der Waals surface area contributed by atoms with Gasteiger partial charge in [0.2, 0.25) is 11.8 Å². The van der Waals surface area contributed by atoms with E-state index in [0.717, 1.165) is 28.3 Å². The molecule has 1 atom stereocenters. The molecule has 0 aliphatic heterocycles. The van der Waals surface area contributed by atoms with Gasteiger partial charge in [0.25, 0.3) is 10.0 Å². The number of anilines is 1. The minimum Gasteiger partial charge on any atom is -0.495 e. The van der Waals surface area contributed by atoms with E-state index >= 15 is 0 Å². The molecular formula is C36H39Cl2N3O5S. The third-order valence-corrected chi connectivity index (χ3v) is 10.2. The third kappa shape index (κ3) is 9.28. The third-order valence-electron chi connectivity index (χ3n) is 7.65. The molecule has 4 aromatic rings. The van der Waals surface area contributed by atoms with Gasteiger partial charge < -0.3 is 15.0 Å². The number of rotatable bonds is 15. The molecule has 8 nitrogen and oxygen atoms in total. The quantitative estimate of drug-likeness (QED) is 0.134. The smallest absolute Gasteiger partial charge is 0.264 e. The molecule has 2 amide bonds. The maximum Gasteiger partial charge on any atom is 0.264 e. The first-order chi connectivity index (χ1) is 22.5. The zero-order valence-electron chi connectivity index (χ0n) is 26.7. The van der Waals surface area contributed by atoms with Crippen molar-refractivity contribution in [3.8, 4) is 5.75 Å². The van der Waals surface area contributed by atoms with Gasteiger partial charge in [-0.3, -0.25) is 13.9 Å². The van der Waals surface area contributed by atoms with Gasteiger partial charge >= 0.3 is 0 Å². The van der Waals surface area contributed by atoms with Crippen molar-refractivity contribution < 1.29 is 22.7 Å². The van der Waals surface area contributed by atoms with Gasteiger partial charge in [0, 0.05) is 19.5 Å². The number of benzene rings is 4. The number of methoxy groups -OCH3 is 1. The Labute approximate surface area is 287 Å². The number of hydrogen-bond acceptors (Lipinski definition) is 5. The predicted octanol–water partition coefficient (Wildman–Crippen LogP) is 7.06. The topological polar surface area (TPSA) is 96.0 Å². The number of halogens is 2. The largest absolute Gasteiger partial charge is 0.495 e. The maximum absolute atomic E-state index is 14.7. The zero-order valence-corrected chi connectivity index (χ0v) is 29.0. The number of nitrogens with one attached hydrogen (secondary N) is 1. The Hall–Kier alpha value is -4.05. The normalized spacial score (nSPS) is 11.9. The van der Waals surface area contributed by atoms with Crippen molar-refractivity contribution in [3.05, 3.63) is 124 Å². The Morgan fingerprint density at radius 1 is 0.872 bits per heavy atom. The van der Waals surface area contributed by atoms with E-state index in [1.165, 1.54) is 24.1 Å². The summed E-state index contributed by atoms with van der Waals surface area (Å²) < 4.78 is 35.2. The van der Waals surface area contributed by atoms with Gasteiger partial charge in [-0.25, -0.2) is 8.42 Å². The van der Waals surface area contributed by atoms with Crippen molar-refractivity contribution in [2.45, 2.75) is 50.6 Å². The number of unbranched alkanes of at least 4 members (excludes halogenated alkanes) is 1. The van der Waals surface area contributed by atoms with Crippen LogP contribution < -0.4 is 14.4 Å². The number of carbonyl (C=O) groups excluding carboxylic acids is 2. The van der Waals surface area contributed by atoms with Gasteiger partial charge in [-0.15, -0.1) is 0 Å². The minimum absolute atomic E-state index is 0.00513. The lowest BCUT2D eigenvalue weighted by molar-refractivity contribution is -0.140. The molecule has 0 radical (unpaired) electrons. The van der Waals surface area contributed by atoms with Gasteiger partial charge in [-0.2, -0.15) is 0 Å². The highest BCUT2D eigenvalue weighted by molar-refractivity contribution is 7.92. The number of nitrogens with zero attached hydrogens (tertiary/aromatic N) is 2. The summed E-state index contributed by atoms with van der Waals surface area (Å²) in [4.78, 5) is 30.0. The Balaban J connectivity index is 1.84. The lowest BCUT2D eigenvalue weighted by Gasteiger charge is -2.34. The van der Waals surface area contributed by atoms with E-state index in [0.29, 0.717) is 22.2 Å². The molecule has 0 saturated carbocycles. The Morgan fingerprint density at radius 3 is 2.19 bits per heavy atom. The molecule has 1 N–H and O–H groups in total. The van der Waals surface area contributed by atoms with Crippen molar-refractivity contribution >= 4 is 50.7 Å². The second kappa shape index (κ2) is 16.7. The maximum atomic E-state index is 14.7. The first kappa shape index (κ1) is 35.8. The highest BCUT2D eigenvalue weighted by Gasteiger charge is 2.35. The van der Waals surface area contributed by atoms with E-state index in [-0.39, 0.29) is 35.2 Å². The Bertz CT molecular complexity index is 1770. The molecule has 0 aromatic heterocycles. The van der Waals surface area contributed by atoms with E-state index in [4.69, 9.17) is 27.9 Å². The second-order valence-corrected chi connectivity index (χ2v) is 13.8. The minimum atomic E-state index is -4.27. The van der Waals surface area contributed by atoms with E-state index in [9.17, 15) is 18.0 Å². The summed E-state index contributed by atoms with van der Waals surface area (Å²) in [5, 5.41) is 3.62. The van der Waals surface area contributed by atoms with E-state index in [2.05, 4.69) is 5.32 Å². The van der Waals surface area contributed by atoms with Crippen molar-refractivity contribution in [2.24, 2.45) is 0 Å². The molecule has 0 heterocycles. The standard InChI is InChI=1S/C36H39Cl2N3O5S/c1-4-5-20-39-36(43)33(23-27-12-8-6-9-13-27)40(24-28-17-18-30(37)31(38)22-28)35(42)25-41(32-21-26(2)16-19-34(32)46-3)47(44,45)29-14-10-7-11-15-29/h6-19,21-22,33H,4-5,20,23-25H2,1-3H3,(H,39,43)/t33-/m0/s1. The summed E-state index contributed by atoms with van der Waals surface area (Å²) in [6.07, 6.45) is 1.84. The molecule has 0 saturated heterocycles. The van der Waals surface area contributed by atoms with Crippen LogP contribution in [0.2, 0.25) is 10.0 Å². The fraction of sp³-hybridized carbons (Fsp3) is 0.278. The SMILES string of the molecule is CCCCNC(=O)[C@H](Cc1ccccc1)N(Cc1ccc(Cl)c(Cl)c1)C(=O)CN(c1cc(C)ccc1OC)S(=O)(=O)c1ccccc1. The van der Waals surface area contributed by atoms with E-state index < -0.39 is 28.5 Å². The highest BCUT2D eigenvalue weighted by atomic mass is 35.5. The number of amides is 2. The number of aryl methyl sites for hydroxylation is 1. The van der Waals surface area contributed by atoms with Crippen LogP contribution in [0, 0.1) is 6.92 Å². The van der Waals surface area contributed by atoms with Crippen molar-refractivity contribution in [2.75, 3.05) is 24.5 Å². The number of hydrogen-bond donors (Lipinski definition) is 1. The van der Waals surface area contributed by atoms with Crippen LogP contribution in [0.15, 0.2) is 102 Å². The van der Waals surface area contributed by atoms with Crippen LogP contribution in [0.1, 0.15) is 36.5 Å². The molecule has 4 aromatic carbocycles. The van der Waals surface area contributed by atoms with Gasteiger partial charge in [0.05, 0.1) is 27.7 Å². The molecule has 0 unspecified atom stereocenters. The van der Waals surface area contributed by atoms with Crippen LogP contribution in [-0.2, 0) is 32.6 Å². The Kier molecular flexibility index (Phi) is 12.7. The van der Waals surface area contributed by atoms with Crippen LogP contribution in [0.3, 0.4) is 0 Å². The van der Waals surface area contributed by atoms with Gasteiger partial charge in [-0.1, -0.05) is 97.2 Å². The molecule has 47 heavy (non-hydrogen) atoms. The molecule has 11 heteroatoms. The van der Waals surface area contributed by atoms with Gasteiger partial charge in [0.1, 0.15) is 18.3 Å². The summed E-state index contributed by atoms with van der Waals surface area (Å²) in [5.74, 6) is -0.663. The lowest BCUT2D eigenvalue weighted by atomic mass is 10.0. The summed E-state index contributed by atoms with van der Waals surface area (Å²) in [7, 11) is -2.83. The van der Waals surface area contributed by atoms with Gasteiger partial charge in [-0.05, 0) is 66.4 Å². The first-order valence-corrected chi connectivity index (χ1v) is 17.5. The molecule has 0 fully saturated rings. The van der Waals surface area contributed by atoms with Crippen LogP contribution in [-0.4, -0.2) is 51.4 Å². The van der Waals surface area contributed by atoms with Crippen molar-refractivity contribution in [3.63, 3.8) is 0 Å². The van der Waals surface area contributed by atoms with Crippen LogP contribution in [0.5, 0.6) is 5.75 Å². The number of ether oxygens (including phenoxy) is 1. The fourth-order valence-corrected chi connectivity index (χ4v) is 6.88. The monoisotopic (exact) mass is 695 g/mol. The second-order valence-electron chi connectivity index (χ2n) is 11.1. The van der Waals surface area contributed by atoms with Crippen LogP contribution >= 0.6 is 23.2 Å². The van der Waals surface area contributed by atoms with Crippen LogP contribution in [0.25, 0.3) is 0 Å². The average Bonchev–Trinajstić information content (AvgIpc) is 3.07. The number of sulfonamides is 1. The van der Waals surface area contributed by atoms with Crippen LogP contribution in [0.4, 0.5) is 5.69 Å². The highest BCUT2D eigenvalue weighted by Crippen LogP contribution is 2.34. The molecule has 248 valence electrons. The molecule has 4 rings (SSSR count). The lowest BCUT2D eigenvalue weighted by Crippen LogP contribution is -2.53. The summed E-state index contributed by atoms with van der Waals surface area (Å²) in [6.45, 7) is 3.65. The molecule has 0 bridgehead atoms. The number of carbonyl (C=O) groups is 2. The van der Waals surface area contributed by atoms with E-state index in [1.807, 2.05) is 44.2 Å². The average molecular weight is 697 g/mol. The van der Waals surface area contributed by atoms with Crippen molar-refractivity contribution in [1.82, 2.24) is 10.2 Å². The van der Waals surface area contributed by atoms with E-state index in [1.54, 1.807) is 54.6 Å². The molecular weight excluding hydrogens is 657 g/mol. The molecule has 0 aliphatic rings. The first-order valence-electron chi connectivity index (χ1n) is 15.3. The van der Waals surface area contributed by atoms with Gasteiger partial charge in [0.15, 0.2) is 0 Å². The summed E-state index contributed by atoms with van der Waals surface area (Å²) in [6, 6.07) is 26.4. The predicted molar refractivity (Wildman–Crippen MR) is 188 cm³/mol. The molecule has 0 aliphatic carbocycles. The summed E-state index contributed by atoms with van der Waals surface area (Å²) >= 11 is 12.6. The zero-order chi connectivity index (χ0) is 34.0. The Morgan fingerprint density at radius 2 is 1.55 bits per heavy atom. The fourth-order valence-electron chi connectivity index (χ4n) is 5.12. The molecule has 0 spiro atoms. The summed E-state index contributed by atoms with van der Waals surface area (Å²) in [5.41, 5.74) is 2.43. The van der Waals surface area contributed by atoms with Crippen molar-refractivity contribution in [1.29, 1.82) is 0 Å².